The molecule has 0 atom stereocenters. The average Bonchev–Trinajstić information content (AvgIpc) is 3.18. The molecule has 0 unspecified atom stereocenters. The summed E-state index contributed by atoms with van der Waals surface area (Å²) in [7, 11) is 0. The third-order valence-corrected chi connectivity index (χ3v) is 5.37. The summed E-state index contributed by atoms with van der Waals surface area (Å²) in [6, 6.07) is 14.0. The summed E-state index contributed by atoms with van der Waals surface area (Å²) < 4.78 is 5.51. The van der Waals surface area contributed by atoms with E-state index in [4.69, 9.17) is 9.40 Å². The Hall–Kier alpha value is -3.15. The molecule has 3 aromatic rings. The van der Waals surface area contributed by atoms with Gasteiger partial charge in [0.2, 0.25) is 5.91 Å². The molecule has 0 saturated carbocycles. The number of piperidine rings is 1. The monoisotopic (exact) mass is 390 g/mol. The summed E-state index contributed by atoms with van der Waals surface area (Å²) >= 11 is 0. The number of aryl methyl sites for hydroxylation is 2. The SMILES string of the molecule is Cc1ccc(-c2nccc(N3CCC(C(=O)NCc4ccc(C)o4)CC3)n2)cc1. The molecule has 4 rings (SSSR count). The zero-order chi connectivity index (χ0) is 20.2. The molecule has 0 bridgehead atoms. The molecular weight excluding hydrogens is 364 g/mol. The van der Waals surface area contributed by atoms with Crippen molar-refractivity contribution in [2.24, 2.45) is 5.92 Å². The van der Waals surface area contributed by atoms with Gasteiger partial charge in [-0.25, -0.2) is 9.97 Å². The predicted octanol–water partition coefficient (Wildman–Crippen LogP) is 3.89. The van der Waals surface area contributed by atoms with Crippen molar-refractivity contribution in [1.29, 1.82) is 0 Å². The first-order valence-corrected chi connectivity index (χ1v) is 10.1. The Morgan fingerprint density at radius 3 is 2.55 bits per heavy atom. The van der Waals surface area contributed by atoms with Crippen molar-refractivity contribution in [3.63, 3.8) is 0 Å². The summed E-state index contributed by atoms with van der Waals surface area (Å²) in [4.78, 5) is 23.9. The van der Waals surface area contributed by atoms with Gasteiger partial charge in [0.1, 0.15) is 17.3 Å². The van der Waals surface area contributed by atoms with Gasteiger partial charge in [0.25, 0.3) is 0 Å². The van der Waals surface area contributed by atoms with Gasteiger partial charge in [0.15, 0.2) is 5.82 Å². The van der Waals surface area contributed by atoms with Gasteiger partial charge in [-0.3, -0.25) is 4.79 Å². The molecule has 0 aliphatic carbocycles. The molecule has 1 N–H and O–H groups in total. The van der Waals surface area contributed by atoms with E-state index >= 15 is 0 Å². The van der Waals surface area contributed by atoms with Gasteiger partial charge < -0.3 is 14.6 Å². The lowest BCUT2D eigenvalue weighted by molar-refractivity contribution is -0.125. The fourth-order valence-electron chi connectivity index (χ4n) is 3.64. The molecule has 150 valence electrons. The first-order valence-electron chi connectivity index (χ1n) is 10.1. The second-order valence-electron chi connectivity index (χ2n) is 7.60. The fourth-order valence-corrected chi connectivity index (χ4v) is 3.64. The largest absolute Gasteiger partial charge is 0.465 e. The molecule has 1 aliphatic heterocycles. The highest BCUT2D eigenvalue weighted by Gasteiger charge is 2.25. The molecule has 1 amide bonds. The van der Waals surface area contributed by atoms with Crippen LogP contribution in [0.5, 0.6) is 0 Å². The standard InChI is InChI=1S/C23H26N4O2/c1-16-3-6-18(7-4-16)22-24-12-9-21(26-22)27-13-10-19(11-14-27)23(28)25-15-20-8-5-17(2)29-20/h3-9,12,19H,10-11,13-15H2,1-2H3,(H,25,28). The smallest absolute Gasteiger partial charge is 0.223 e. The van der Waals surface area contributed by atoms with Gasteiger partial charge in [-0.15, -0.1) is 0 Å². The van der Waals surface area contributed by atoms with E-state index in [0.29, 0.717) is 6.54 Å². The van der Waals surface area contributed by atoms with Crippen LogP contribution in [0.15, 0.2) is 53.1 Å². The van der Waals surface area contributed by atoms with E-state index in [0.717, 1.165) is 54.7 Å². The van der Waals surface area contributed by atoms with Crippen LogP contribution < -0.4 is 10.2 Å². The number of furan rings is 1. The predicted molar refractivity (Wildman–Crippen MR) is 112 cm³/mol. The maximum absolute atomic E-state index is 12.5. The molecule has 0 spiro atoms. The number of rotatable bonds is 5. The van der Waals surface area contributed by atoms with E-state index in [2.05, 4.69) is 34.3 Å². The molecule has 1 saturated heterocycles. The summed E-state index contributed by atoms with van der Waals surface area (Å²) in [6.45, 7) is 6.03. The summed E-state index contributed by atoms with van der Waals surface area (Å²) in [6.07, 6.45) is 3.43. The first kappa shape index (κ1) is 19.2. The Balaban J connectivity index is 1.34. The topological polar surface area (TPSA) is 71.3 Å². The molecule has 1 aliphatic rings. The highest BCUT2D eigenvalue weighted by Crippen LogP contribution is 2.24. The number of nitrogens with one attached hydrogen (secondary N) is 1. The minimum absolute atomic E-state index is 0.0284. The molecule has 2 aromatic heterocycles. The van der Waals surface area contributed by atoms with Gasteiger partial charge in [-0.2, -0.15) is 0 Å². The number of aromatic nitrogens is 2. The number of anilines is 1. The Kier molecular flexibility index (Phi) is 5.60. The minimum atomic E-state index is 0.0284. The Labute approximate surface area is 171 Å². The number of amides is 1. The summed E-state index contributed by atoms with van der Waals surface area (Å²) in [5.74, 6) is 3.43. The van der Waals surface area contributed by atoms with Crippen LogP contribution in [0.25, 0.3) is 11.4 Å². The molecule has 3 heterocycles. The maximum atomic E-state index is 12.5. The first-order chi connectivity index (χ1) is 14.1. The van der Waals surface area contributed by atoms with E-state index in [1.165, 1.54) is 5.56 Å². The fraction of sp³-hybridized carbons (Fsp3) is 0.348. The number of nitrogens with zero attached hydrogens (tertiary/aromatic N) is 3. The van der Waals surface area contributed by atoms with Crippen molar-refractivity contribution in [1.82, 2.24) is 15.3 Å². The van der Waals surface area contributed by atoms with Crippen molar-refractivity contribution in [3.8, 4) is 11.4 Å². The minimum Gasteiger partial charge on any atom is -0.465 e. The van der Waals surface area contributed by atoms with Crippen LogP contribution in [-0.4, -0.2) is 29.0 Å². The molecule has 6 heteroatoms. The second-order valence-corrected chi connectivity index (χ2v) is 7.60. The molecule has 1 fully saturated rings. The van der Waals surface area contributed by atoms with Crippen molar-refractivity contribution < 1.29 is 9.21 Å². The number of carbonyl (C=O) groups excluding carboxylic acids is 1. The zero-order valence-corrected chi connectivity index (χ0v) is 16.9. The van der Waals surface area contributed by atoms with E-state index in [-0.39, 0.29) is 11.8 Å². The number of hydrogen-bond acceptors (Lipinski definition) is 5. The van der Waals surface area contributed by atoms with Crippen molar-refractivity contribution in [2.75, 3.05) is 18.0 Å². The third kappa shape index (κ3) is 4.65. The van der Waals surface area contributed by atoms with E-state index in [9.17, 15) is 4.79 Å². The van der Waals surface area contributed by atoms with Crippen molar-refractivity contribution in [3.05, 3.63) is 65.7 Å². The highest BCUT2D eigenvalue weighted by molar-refractivity contribution is 5.78. The molecule has 0 radical (unpaired) electrons. The van der Waals surface area contributed by atoms with Crippen LogP contribution in [0, 0.1) is 19.8 Å². The van der Waals surface area contributed by atoms with Gasteiger partial charge in [-0.1, -0.05) is 29.8 Å². The Morgan fingerprint density at radius 2 is 1.86 bits per heavy atom. The highest BCUT2D eigenvalue weighted by atomic mass is 16.3. The average molecular weight is 390 g/mol. The van der Waals surface area contributed by atoms with Crippen LogP contribution in [-0.2, 0) is 11.3 Å². The summed E-state index contributed by atoms with van der Waals surface area (Å²) in [5.41, 5.74) is 2.23. The lowest BCUT2D eigenvalue weighted by atomic mass is 9.96. The van der Waals surface area contributed by atoms with Crippen LogP contribution >= 0.6 is 0 Å². The molecule has 6 nitrogen and oxygen atoms in total. The maximum Gasteiger partial charge on any atom is 0.223 e. The lowest BCUT2D eigenvalue weighted by Crippen LogP contribution is -2.40. The van der Waals surface area contributed by atoms with Crippen LogP contribution in [0.1, 0.15) is 29.9 Å². The Morgan fingerprint density at radius 1 is 1.10 bits per heavy atom. The summed E-state index contributed by atoms with van der Waals surface area (Å²) in [5, 5.41) is 2.99. The van der Waals surface area contributed by atoms with Crippen LogP contribution in [0.4, 0.5) is 5.82 Å². The van der Waals surface area contributed by atoms with Crippen molar-refractivity contribution >= 4 is 11.7 Å². The number of carbonyl (C=O) groups is 1. The Bertz CT molecular complexity index is 973. The van der Waals surface area contributed by atoms with E-state index < -0.39 is 0 Å². The van der Waals surface area contributed by atoms with Crippen LogP contribution in [0.3, 0.4) is 0 Å². The second kappa shape index (κ2) is 8.47. The van der Waals surface area contributed by atoms with Crippen molar-refractivity contribution in [2.45, 2.75) is 33.2 Å². The number of hydrogen-bond donors (Lipinski definition) is 1. The third-order valence-electron chi connectivity index (χ3n) is 5.37. The quantitative estimate of drug-likeness (QED) is 0.716. The molecule has 29 heavy (non-hydrogen) atoms. The normalized spacial score (nSPS) is 14.8. The van der Waals surface area contributed by atoms with Gasteiger partial charge >= 0.3 is 0 Å². The van der Waals surface area contributed by atoms with E-state index in [1.807, 2.05) is 43.5 Å². The van der Waals surface area contributed by atoms with Crippen LogP contribution in [0.2, 0.25) is 0 Å². The van der Waals surface area contributed by atoms with Gasteiger partial charge in [-0.05, 0) is 44.9 Å². The van der Waals surface area contributed by atoms with Gasteiger partial charge in [0, 0.05) is 30.8 Å². The number of benzene rings is 1. The molecular formula is C23H26N4O2. The zero-order valence-electron chi connectivity index (χ0n) is 16.9. The lowest BCUT2D eigenvalue weighted by Gasteiger charge is -2.32. The van der Waals surface area contributed by atoms with E-state index in [1.54, 1.807) is 0 Å². The molecule has 1 aromatic carbocycles. The van der Waals surface area contributed by atoms with Gasteiger partial charge in [0.05, 0.1) is 6.54 Å².